The van der Waals surface area contributed by atoms with Crippen molar-refractivity contribution in [2.45, 2.75) is 38.5 Å². The quantitative estimate of drug-likeness (QED) is 0.740. The van der Waals surface area contributed by atoms with Crippen molar-refractivity contribution in [3.8, 4) is 0 Å². The molecule has 2 aliphatic rings. The number of aromatic nitrogens is 1. The summed E-state index contributed by atoms with van der Waals surface area (Å²) >= 11 is 0. The highest BCUT2D eigenvalue weighted by molar-refractivity contribution is 5.76. The van der Waals surface area contributed by atoms with Gasteiger partial charge in [-0.25, -0.2) is 0 Å². The Bertz CT molecular complexity index is 764. The van der Waals surface area contributed by atoms with Gasteiger partial charge in [0.25, 0.3) is 0 Å². The van der Waals surface area contributed by atoms with Crippen LogP contribution >= 0.6 is 0 Å². The molecule has 4 rings (SSSR count). The zero-order valence-electron chi connectivity index (χ0n) is 16.7. The Morgan fingerprint density at radius 3 is 2.61 bits per heavy atom. The van der Waals surface area contributed by atoms with E-state index in [1.807, 2.05) is 12.3 Å². The number of carbonyl (C=O) groups excluding carboxylic acids is 1. The summed E-state index contributed by atoms with van der Waals surface area (Å²) in [6.45, 7) is 5.41. The molecule has 2 saturated heterocycles. The number of carbonyl (C=O) groups is 1. The van der Waals surface area contributed by atoms with E-state index in [2.05, 4.69) is 51.2 Å². The van der Waals surface area contributed by atoms with Crippen molar-refractivity contribution in [2.24, 2.45) is 5.41 Å². The molecule has 1 aromatic carbocycles. The van der Waals surface area contributed by atoms with Gasteiger partial charge in [-0.05, 0) is 62.4 Å². The SMILES string of the molecule is O=C(CCc1cccnc1)N1CC[C@@]2(CCN(CCCc3ccccc3)C2)C1. The van der Waals surface area contributed by atoms with Gasteiger partial charge in [-0.3, -0.25) is 9.78 Å². The molecule has 0 unspecified atom stereocenters. The molecule has 0 bridgehead atoms. The molecule has 4 nitrogen and oxygen atoms in total. The van der Waals surface area contributed by atoms with E-state index in [-0.39, 0.29) is 0 Å². The third-order valence-electron chi connectivity index (χ3n) is 6.44. The van der Waals surface area contributed by atoms with Crippen LogP contribution < -0.4 is 0 Å². The van der Waals surface area contributed by atoms with Gasteiger partial charge < -0.3 is 9.80 Å². The molecule has 2 aliphatic heterocycles. The summed E-state index contributed by atoms with van der Waals surface area (Å²) in [5.41, 5.74) is 2.93. The number of likely N-dealkylation sites (tertiary alicyclic amines) is 2. The molecule has 4 heteroatoms. The fourth-order valence-electron chi connectivity index (χ4n) is 4.81. The Kier molecular flexibility index (Phi) is 6.06. The number of benzene rings is 1. The molecular formula is C24H31N3O. The van der Waals surface area contributed by atoms with Gasteiger partial charge >= 0.3 is 0 Å². The van der Waals surface area contributed by atoms with Crippen LogP contribution in [0.2, 0.25) is 0 Å². The number of hydrogen-bond acceptors (Lipinski definition) is 3. The van der Waals surface area contributed by atoms with E-state index in [0.717, 1.165) is 38.0 Å². The molecule has 0 aliphatic carbocycles. The fraction of sp³-hybridized carbons (Fsp3) is 0.500. The minimum absolute atomic E-state index is 0.309. The number of hydrogen-bond donors (Lipinski definition) is 0. The molecule has 0 saturated carbocycles. The molecule has 1 spiro atoms. The average Bonchev–Trinajstić information content (AvgIpc) is 3.34. The van der Waals surface area contributed by atoms with E-state index < -0.39 is 0 Å². The van der Waals surface area contributed by atoms with Gasteiger partial charge in [0.2, 0.25) is 5.91 Å². The van der Waals surface area contributed by atoms with E-state index in [1.54, 1.807) is 6.20 Å². The first-order chi connectivity index (χ1) is 13.7. The van der Waals surface area contributed by atoms with Gasteiger partial charge in [0, 0.05) is 43.9 Å². The first kappa shape index (κ1) is 19.1. The summed E-state index contributed by atoms with van der Waals surface area (Å²) in [6, 6.07) is 14.8. The second kappa shape index (κ2) is 8.87. The van der Waals surface area contributed by atoms with Gasteiger partial charge in [0.1, 0.15) is 0 Å². The van der Waals surface area contributed by atoms with Crippen LogP contribution in [0.25, 0.3) is 0 Å². The van der Waals surface area contributed by atoms with Crippen LogP contribution in [-0.4, -0.2) is 53.4 Å². The number of nitrogens with zero attached hydrogens (tertiary/aromatic N) is 3. The monoisotopic (exact) mass is 377 g/mol. The van der Waals surface area contributed by atoms with Crippen LogP contribution in [0.1, 0.15) is 36.8 Å². The lowest BCUT2D eigenvalue weighted by Crippen LogP contribution is -2.34. The molecule has 3 heterocycles. The highest BCUT2D eigenvalue weighted by atomic mass is 16.2. The topological polar surface area (TPSA) is 36.4 Å². The summed E-state index contributed by atoms with van der Waals surface area (Å²) in [5, 5.41) is 0. The Balaban J connectivity index is 1.20. The minimum Gasteiger partial charge on any atom is -0.342 e. The number of amides is 1. The normalized spacial score (nSPS) is 22.2. The number of pyridine rings is 1. The van der Waals surface area contributed by atoms with Crippen LogP contribution in [0.5, 0.6) is 0 Å². The summed E-state index contributed by atoms with van der Waals surface area (Å²) in [4.78, 5) is 21.5. The van der Waals surface area contributed by atoms with E-state index in [0.29, 0.717) is 17.7 Å². The largest absolute Gasteiger partial charge is 0.342 e. The van der Waals surface area contributed by atoms with E-state index in [1.165, 1.54) is 37.9 Å². The van der Waals surface area contributed by atoms with Crippen molar-refractivity contribution >= 4 is 5.91 Å². The zero-order chi connectivity index (χ0) is 19.2. The molecule has 148 valence electrons. The molecular weight excluding hydrogens is 346 g/mol. The molecule has 0 N–H and O–H groups in total. The molecule has 2 aromatic rings. The summed E-state index contributed by atoms with van der Waals surface area (Å²) in [6.07, 6.45) is 9.82. The Labute approximate surface area is 168 Å². The van der Waals surface area contributed by atoms with Crippen LogP contribution in [0.4, 0.5) is 0 Å². The smallest absolute Gasteiger partial charge is 0.222 e. The van der Waals surface area contributed by atoms with Crippen molar-refractivity contribution < 1.29 is 4.79 Å². The Morgan fingerprint density at radius 1 is 0.964 bits per heavy atom. The van der Waals surface area contributed by atoms with Crippen LogP contribution in [-0.2, 0) is 17.6 Å². The molecule has 1 aromatic heterocycles. The number of aryl methyl sites for hydroxylation is 2. The molecule has 2 fully saturated rings. The second-order valence-corrected chi connectivity index (χ2v) is 8.54. The molecule has 1 atom stereocenters. The molecule has 1 amide bonds. The van der Waals surface area contributed by atoms with E-state index in [4.69, 9.17) is 0 Å². The third-order valence-corrected chi connectivity index (χ3v) is 6.44. The summed E-state index contributed by atoms with van der Waals surface area (Å²) in [7, 11) is 0. The maximum absolute atomic E-state index is 12.7. The second-order valence-electron chi connectivity index (χ2n) is 8.54. The lowest BCUT2D eigenvalue weighted by atomic mass is 9.86. The Hall–Kier alpha value is -2.20. The fourth-order valence-corrected chi connectivity index (χ4v) is 4.81. The minimum atomic E-state index is 0.309. The Morgan fingerprint density at radius 2 is 1.79 bits per heavy atom. The van der Waals surface area contributed by atoms with Crippen molar-refractivity contribution in [3.63, 3.8) is 0 Å². The van der Waals surface area contributed by atoms with Gasteiger partial charge in [-0.15, -0.1) is 0 Å². The highest BCUT2D eigenvalue weighted by Gasteiger charge is 2.44. The van der Waals surface area contributed by atoms with Gasteiger partial charge in [-0.2, -0.15) is 0 Å². The molecule has 28 heavy (non-hydrogen) atoms. The third kappa shape index (κ3) is 4.79. The van der Waals surface area contributed by atoms with E-state index >= 15 is 0 Å². The van der Waals surface area contributed by atoms with Crippen LogP contribution in [0.15, 0.2) is 54.9 Å². The van der Waals surface area contributed by atoms with Crippen LogP contribution in [0, 0.1) is 5.41 Å². The predicted octanol–water partition coefficient (Wildman–Crippen LogP) is 3.57. The van der Waals surface area contributed by atoms with E-state index in [9.17, 15) is 4.79 Å². The van der Waals surface area contributed by atoms with Crippen molar-refractivity contribution in [1.29, 1.82) is 0 Å². The maximum atomic E-state index is 12.7. The highest BCUT2D eigenvalue weighted by Crippen LogP contribution is 2.39. The van der Waals surface area contributed by atoms with Crippen molar-refractivity contribution in [2.75, 3.05) is 32.7 Å². The number of rotatable bonds is 7. The molecule has 0 radical (unpaired) electrons. The van der Waals surface area contributed by atoms with Crippen molar-refractivity contribution in [1.82, 2.24) is 14.8 Å². The van der Waals surface area contributed by atoms with Gasteiger partial charge in [0.15, 0.2) is 0 Å². The first-order valence-corrected chi connectivity index (χ1v) is 10.7. The lowest BCUT2D eigenvalue weighted by Gasteiger charge is -2.25. The zero-order valence-corrected chi connectivity index (χ0v) is 16.7. The van der Waals surface area contributed by atoms with Crippen LogP contribution in [0.3, 0.4) is 0 Å². The van der Waals surface area contributed by atoms with Gasteiger partial charge in [-0.1, -0.05) is 36.4 Å². The standard InChI is InChI=1S/C24H31N3O/c28-23(11-10-22-8-4-14-25-18-22)27-17-13-24(20-27)12-16-26(19-24)15-5-9-21-6-2-1-3-7-21/h1-4,6-8,14,18H,5,9-13,15-17,19-20H2/t24-/m1/s1. The maximum Gasteiger partial charge on any atom is 0.222 e. The average molecular weight is 378 g/mol. The van der Waals surface area contributed by atoms with Crippen molar-refractivity contribution in [3.05, 3.63) is 66.0 Å². The summed E-state index contributed by atoms with van der Waals surface area (Å²) in [5.74, 6) is 0.309. The first-order valence-electron chi connectivity index (χ1n) is 10.7. The predicted molar refractivity (Wildman–Crippen MR) is 112 cm³/mol. The summed E-state index contributed by atoms with van der Waals surface area (Å²) < 4.78 is 0. The van der Waals surface area contributed by atoms with Gasteiger partial charge in [0.05, 0.1) is 0 Å². The lowest BCUT2D eigenvalue weighted by molar-refractivity contribution is -0.130.